The molecule has 0 unspecified atom stereocenters. The first-order chi connectivity index (χ1) is 23.7. The smallest absolute Gasteiger partial charge is 0.330 e. The van der Waals surface area contributed by atoms with E-state index in [-0.39, 0.29) is 19.8 Å². The van der Waals surface area contributed by atoms with Crippen LogP contribution in [0.1, 0.15) is 43.2 Å². The molecule has 0 saturated carbocycles. The third kappa shape index (κ3) is 13.2. The standard InChI is InChI=1S/C36H41NO12/c1-43-30-24-27(10-13-28(30)46-19-6-4-5-7-20-49-36(42)25-37-32(38)15-16-33(37)39)12-18-35(41)48-22-8-21-47-29-14-9-26(23-31(29)44-2)11-17-34(40)45-3/h9-18,23-24H,4-8,19-22,25H2,1-3H3/b17-11+,18-12+. The topological polar surface area (TPSA) is 153 Å². The number of methoxy groups -OCH3 is 3. The monoisotopic (exact) mass is 679 g/mol. The molecule has 2 aromatic rings. The van der Waals surface area contributed by atoms with Crippen LogP contribution < -0.4 is 18.9 Å². The minimum Gasteiger partial charge on any atom is -0.493 e. The summed E-state index contributed by atoms with van der Waals surface area (Å²) in [5, 5.41) is 0. The van der Waals surface area contributed by atoms with E-state index in [1.807, 2.05) is 0 Å². The average Bonchev–Trinajstić information content (AvgIpc) is 3.43. The number of esters is 3. The summed E-state index contributed by atoms with van der Waals surface area (Å²) in [4.78, 5) is 59.2. The molecule has 0 aliphatic carbocycles. The number of unbranched alkanes of at least 4 members (excludes halogenated alkanes) is 3. The van der Waals surface area contributed by atoms with Crippen LogP contribution in [-0.2, 0) is 38.2 Å². The molecule has 0 fully saturated rings. The minimum atomic E-state index is -0.618. The van der Waals surface area contributed by atoms with Gasteiger partial charge in [0.05, 0.1) is 47.8 Å². The Morgan fingerprint density at radius 2 is 1.12 bits per heavy atom. The summed E-state index contributed by atoms with van der Waals surface area (Å²) in [7, 11) is 4.36. The molecule has 1 aliphatic rings. The molecule has 2 aromatic carbocycles. The van der Waals surface area contributed by atoms with E-state index in [9.17, 15) is 24.0 Å². The van der Waals surface area contributed by atoms with Gasteiger partial charge in [-0.1, -0.05) is 12.1 Å². The quantitative estimate of drug-likeness (QED) is 0.0607. The lowest BCUT2D eigenvalue weighted by Crippen LogP contribution is -2.35. The highest BCUT2D eigenvalue weighted by Crippen LogP contribution is 2.30. The number of rotatable bonds is 21. The number of ether oxygens (including phenoxy) is 7. The molecular formula is C36H41NO12. The molecule has 1 aliphatic heterocycles. The summed E-state index contributed by atoms with van der Waals surface area (Å²) in [5.41, 5.74) is 1.47. The molecule has 3 rings (SSSR count). The largest absolute Gasteiger partial charge is 0.493 e. The predicted octanol–water partition coefficient (Wildman–Crippen LogP) is 4.32. The van der Waals surface area contributed by atoms with Crippen molar-refractivity contribution < 1.29 is 57.1 Å². The third-order valence-electron chi connectivity index (χ3n) is 6.94. The molecule has 0 atom stereocenters. The summed E-state index contributed by atoms with van der Waals surface area (Å²) in [6, 6.07) is 10.6. The lowest BCUT2D eigenvalue weighted by molar-refractivity contribution is -0.151. The molecule has 0 bridgehead atoms. The third-order valence-corrected chi connectivity index (χ3v) is 6.94. The Labute approximate surface area is 285 Å². The highest BCUT2D eigenvalue weighted by molar-refractivity contribution is 6.14. The van der Waals surface area contributed by atoms with E-state index in [4.69, 9.17) is 28.4 Å². The second-order valence-corrected chi connectivity index (χ2v) is 10.5. The van der Waals surface area contributed by atoms with E-state index in [1.54, 1.807) is 48.6 Å². The van der Waals surface area contributed by atoms with Crippen molar-refractivity contribution in [2.45, 2.75) is 32.1 Å². The van der Waals surface area contributed by atoms with Crippen molar-refractivity contribution in [2.24, 2.45) is 0 Å². The van der Waals surface area contributed by atoms with Crippen molar-refractivity contribution in [1.82, 2.24) is 4.90 Å². The molecule has 0 radical (unpaired) electrons. The number of imide groups is 1. The van der Waals surface area contributed by atoms with Gasteiger partial charge >= 0.3 is 17.9 Å². The number of benzene rings is 2. The number of hydrogen-bond donors (Lipinski definition) is 0. The molecule has 1 heterocycles. The van der Waals surface area contributed by atoms with Gasteiger partial charge < -0.3 is 33.2 Å². The fourth-order valence-electron chi connectivity index (χ4n) is 4.36. The highest BCUT2D eigenvalue weighted by atomic mass is 16.5. The molecule has 0 aromatic heterocycles. The maximum atomic E-state index is 12.2. The van der Waals surface area contributed by atoms with Crippen LogP contribution in [0.5, 0.6) is 23.0 Å². The van der Waals surface area contributed by atoms with Crippen LogP contribution >= 0.6 is 0 Å². The van der Waals surface area contributed by atoms with Gasteiger partial charge in [-0.25, -0.2) is 9.59 Å². The van der Waals surface area contributed by atoms with E-state index in [2.05, 4.69) is 4.74 Å². The Morgan fingerprint density at radius 1 is 0.612 bits per heavy atom. The zero-order chi connectivity index (χ0) is 35.4. The van der Waals surface area contributed by atoms with E-state index in [1.165, 1.54) is 33.5 Å². The Bertz CT molecular complexity index is 1530. The summed E-state index contributed by atoms with van der Waals surface area (Å²) in [6.07, 6.45) is 11.7. The van der Waals surface area contributed by atoms with Gasteiger partial charge in [-0.3, -0.25) is 19.3 Å². The van der Waals surface area contributed by atoms with E-state index in [0.717, 1.165) is 47.4 Å². The van der Waals surface area contributed by atoms with Gasteiger partial charge in [-0.15, -0.1) is 0 Å². The minimum absolute atomic E-state index is 0.160. The number of carbonyl (C=O) groups excluding carboxylic acids is 5. The summed E-state index contributed by atoms with van der Waals surface area (Å²) in [5.74, 6) is -0.498. The molecule has 0 spiro atoms. The Balaban J connectivity index is 1.29. The van der Waals surface area contributed by atoms with Gasteiger partial charge in [0.15, 0.2) is 23.0 Å². The van der Waals surface area contributed by atoms with Gasteiger partial charge in [-0.2, -0.15) is 0 Å². The lowest BCUT2D eigenvalue weighted by atomic mass is 10.2. The van der Waals surface area contributed by atoms with Gasteiger partial charge in [0.25, 0.3) is 11.8 Å². The number of hydrogen-bond acceptors (Lipinski definition) is 12. The van der Waals surface area contributed by atoms with Crippen LogP contribution in [0.25, 0.3) is 12.2 Å². The second-order valence-electron chi connectivity index (χ2n) is 10.5. The Kier molecular flexibility index (Phi) is 15.9. The first kappa shape index (κ1) is 37.9. The molecule has 262 valence electrons. The molecule has 13 heteroatoms. The average molecular weight is 680 g/mol. The fourth-order valence-corrected chi connectivity index (χ4v) is 4.36. The zero-order valence-electron chi connectivity index (χ0n) is 27.8. The molecule has 2 amide bonds. The lowest BCUT2D eigenvalue weighted by Gasteiger charge is -2.13. The maximum Gasteiger partial charge on any atom is 0.330 e. The Morgan fingerprint density at radius 3 is 1.67 bits per heavy atom. The Hall–Kier alpha value is -5.59. The van der Waals surface area contributed by atoms with Crippen molar-refractivity contribution >= 4 is 41.9 Å². The maximum absolute atomic E-state index is 12.2. The normalized spacial score (nSPS) is 12.4. The van der Waals surface area contributed by atoms with Crippen LogP contribution in [0.4, 0.5) is 0 Å². The van der Waals surface area contributed by atoms with E-state index < -0.39 is 29.7 Å². The predicted molar refractivity (Wildman–Crippen MR) is 178 cm³/mol. The van der Waals surface area contributed by atoms with Crippen LogP contribution in [0.3, 0.4) is 0 Å². The zero-order valence-corrected chi connectivity index (χ0v) is 27.8. The van der Waals surface area contributed by atoms with E-state index >= 15 is 0 Å². The summed E-state index contributed by atoms with van der Waals surface area (Å²) in [6.45, 7) is 0.739. The van der Waals surface area contributed by atoms with Gasteiger partial charge in [-0.05, 0) is 73.2 Å². The summed E-state index contributed by atoms with van der Waals surface area (Å²) >= 11 is 0. The molecule has 0 saturated heterocycles. The van der Waals surface area contributed by atoms with Gasteiger partial charge in [0.1, 0.15) is 6.54 Å². The van der Waals surface area contributed by atoms with Gasteiger partial charge in [0.2, 0.25) is 0 Å². The van der Waals surface area contributed by atoms with Crippen molar-refractivity contribution in [3.63, 3.8) is 0 Å². The summed E-state index contributed by atoms with van der Waals surface area (Å²) < 4.78 is 37.4. The highest BCUT2D eigenvalue weighted by Gasteiger charge is 2.26. The first-order valence-electron chi connectivity index (χ1n) is 15.7. The van der Waals surface area contributed by atoms with Crippen LogP contribution in [-0.4, -0.2) is 88.9 Å². The number of nitrogens with zero attached hydrogens (tertiary/aromatic N) is 1. The van der Waals surface area contributed by atoms with Crippen LogP contribution in [0.2, 0.25) is 0 Å². The van der Waals surface area contributed by atoms with Crippen molar-refractivity contribution in [3.05, 3.63) is 71.8 Å². The molecular weight excluding hydrogens is 638 g/mol. The SMILES string of the molecule is COC(=O)/C=C/c1ccc(OCCCOC(=O)/C=C/c2ccc(OCCCCCCOC(=O)CN3C(=O)C=CC3=O)c(OC)c2)c(OC)c1. The number of carbonyl (C=O) groups is 5. The molecule has 0 N–H and O–H groups in total. The first-order valence-corrected chi connectivity index (χ1v) is 15.7. The fraction of sp³-hybridized carbons (Fsp3) is 0.361. The van der Waals surface area contributed by atoms with Crippen molar-refractivity contribution in [2.75, 3.05) is 54.3 Å². The van der Waals surface area contributed by atoms with Gasteiger partial charge in [0, 0.05) is 30.7 Å². The van der Waals surface area contributed by atoms with Crippen LogP contribution in [0.15, 0.2) is 60.7 Å². The molecule has 49 heavy (non-hydrogen) atoms. The van der Waals surface area contributed by atoms with Crippen molar-refractivity contribution in [3.8, 4) is 23.0 Å². The van der Waals surface area contributed by atoms with Crippen molar-refractivity contribution in [1.29, 1.82) is 0 Å². The van der Waals surface area contributed by atoms with Crippen LogP contribution in [0, 0.1) is 0 Å². The van der Waals surface area contributed by atoms with E-state index in [0.29, 0.717) is 49.1 Å². The molecule has 13 nitrogen and oxygen atoms in total. The number of amides is 2. The second kappa shape index (κ2) is 20.6.